The molecule has 0 aliphatic rings. The van der Waals surface area contributed by atoms with Crippen LogP contribution in [0.15, 0.2) is 34.1 Å². The lowest BCUT2D eigenvalue weighted by Gasteiger charge is -2.20. The van der Waals surface area contributed by atoms with Gasteiger partial charge in [-0.25, -0.2) is 19.6 Å². The van der Waals surface area contributed by atoms with Crippen LogP contribution in [0.5, 0.6) is 0 Å². The number of esters is 2. The van der Waals surface area contributed by atoms with Crippen molar-refractivity contribution in [2.24, 2.45) is 5.92 Å². The minimum Gasteiger partial charge on any atom is -0.467 e. The van der Waals surface area contributed by atoms with Gasteiger partial charge in [0.15, 0.2) is 6.04 Å². The van der Waals surface area contributed by atoms with Gasteiger partial charge in [-0.3, -0.25) is 9.59 Å². The van der Waals surface area contributed by atoms with Crippen molar-refractivity contribution >= 4 is 47.3 Å². The molecule has 0 radical (unpaired) electrons. The van der Waals surface area contributed by atoms with Crippen molar-refractivity contribution in [2.75, 3.05) is 26.7 Å². The van der Waals surface area contributed by atoms with E-state index < -0.39 is 36.0 Å². The Labute approximate surface area is 256 Å². The van der Waals surface area contributed by atoms with E-state index in [0.29, 0.717) is 17.0 Å². The Hall–Kier alpha value is -3.16. The molecule has 232 valence electrons. The van der Waals surface area contributed by atoms with Crippen LogP contribution in [0.4, 0.5) is 0 Å². The quantitative estimate of drug-likeness (QED) is 0.236. The summed E-state index contributed by atoms with van der Waals surface area (Å²) in [4.78, 5) is 58.2. The van der Waals surface area contributed by atoms with Gasteiger partial charge in [0.1, 0.15) is 17.4 Å². The molecular formula is C29H42N4O7S2. The van der Waals surface area contributed by atoms with Crippen LogP contribution in [-0.2, 0) is 31.9 Å². The molecule has 0 fully saturated rings. The summed E-state index contributed by atoms with van der Waals surface area (Å²) in [6.07, 6.45) is 4.12. The number of nitrogens with zero attached hydrogens (tertiary/aromatic N) is 2. The van der Waals surface area contributed by atoms with Crippen LogP contribution in [0.2, 0.25) is 0 Å². The maximum atomic E-state index is 12.4. The SMILES string of the molecule is CCc1ccc(SC)c(C(=O)NC(C(=O)OC)C(C)C)n1.CCc1ccc(SC)c(C(=O)NC(C(=O)OC)C(C)O)n1. The summed E-state index contributed by atoms with van der Waals surface area (Å²) >= 11 is 2.84. The average Bonchev–Trinajstić information content (AvgIpc) is 3.00. The molecule has 2 amide bonds. The Morgan fingerprint density at radius 2 is 1.14 bits per heavy atom. The lowest BCUT2D eigenvalue weighted by Crippen LogP contribution is -2.48. The molecule has 13 heteroatoms. The number of rotatable bonds is 12. The number of pyridine rings is 2. The number of aliphatic hydroxyl groups excluding tert-OH is 1. The zero-order valence-electron chi connectivity index (χ0n) is 25.6. The van der Waals surface area contributed by atoms with E-state index >= 15 is 0 Å². The van der Waals surface area contributed by atoms with Crippen LogP contribution >= 0.6 is 23.5 Å². The fraction of sp³-hybridized carbons (Fsp3) is 0.517. The Morgan fingerprint density at radius 1 is 0.762 bits per heavy atom. The number of carbonyl (C=O) groups is 4. The second-order valence-corrected chi connectivity index (χ2v) is 11.0. The van der Waals surface area contributed by atoms with E-state index in [2.05, 4.69) is 25.3 Å². The van der Waals surface area contributed by atoms with E-state index in [4.69, 9.17) is 4.74 Å². The van der Waals surface area contributed by atoms with Crippen LogP contribution in [-0.4, -0.2) is 83.7 Å². The van der Waals surface area contributed by atoms with Gasteiger partial charge in [0.2, 0.25) is 0 Å². The second-order valence-electron chi connectivity index (χ2n) is 9.35. The molecule has 0 aliphatic carbocycles. The Bertz CT molecular complexity index is 1130. The molecule has 2 rings (SSSR count). The molecule has 3 N–H and O–H groups in total. The molecule has 0 saturated heterocycles. The molecular weight excluding hydrogens is 580 g/mol. The molecule has 11 nitrogen and oxygen atoms in total. The summed E-state index contributed by atoms with van der Waals surface area (Å²) in [7, 11) is 2.51. The van der Waals surface area contributed by atoms with Gasteiger partial charge in [0.25, 0.3) is 11.8 Å². The maximum absolute atomic E-state index is 12.4. The van der Waals surface area contributed by atoms with E-state index in [0.717, 1.165) is 22.7 Å². The number of carbonyl (C=O) groups excluding carboxylic acids is 4. The lowest BCUT2D eigenvalue weighted by molar-refractivity contribution is -0.145. The highest BCUT2D eigenvalue weighted by molar-refractivity contribution is 7.98. The summed E-state index contributed by atoms with van der Waals surface area (Å²) in [6, 6.07) is 5.67. The first-order valence-corrected chi connectivity index (χ1v) is 15.9. The number of nitrogens with one attached hydrogen (secondary N) is 2. The number of hydrogen-bond donors (Lipinski definition) is 3. The van der Waals surface area contributed by atoms with Gasteiger partial charge in [-0.1, -0.05) is 27.7 Å². The van der Waals surface area contributed by atoms with E-state index in [-0.39, 0.29) is 17.5 Å². The number of amides is 2. The summed E-state index contributed by atoms with van der Waals surface area (Å²) in [5.41, 5.74) is 2.23. The first-order chi connectivity index (χ1) is 19.9. The molecule has 2 aromatic rings. The number of aliphatic hydroxyl groups is 1. The topological polar surface area (TPSA) is 157 Å². The van der Waals surface area contributed by atoms with Crippen molar-refractivity contribution in [3.63, 3.8) is 0 Å². The summed E-state index contributed by atoms with van der Waals surface area (Å²) in [6.45, 7) is 9.04. The summed E-state index contributed by atoms with van der Waals surface area (Å²) in [5.74, 6) is -2.07. The van der Waals surface area contributed by atoms with Gasteiger partial charge >= 0.3 is 11.9 Å². The molecule has 3 atom stereocenters. The standard InChI is InChI=1S/C15H22N2O3S.C14H20N2O4S/c1-6-10-7-8-11(21-5)13(16-10)14(18)17-12(9(2)3)15(19)20-4;1-5-9-6-7-10(21-4)12(15-9)13(18)16-11(8(2)17)14(19)20-3/h7-9,12H,6H2,1-5H3,(H,17,18);6-8,11,17H,5H2,1-4H3,(H,16,18). The third-order valence-corrected chi connectivity index (χ3v) is 7.60. The summed E-state index contributed by atoms with van der Waals surface area (Å²) in [5, 5.41) is 14.8. The molecule has 42 heavy (non-hydrogen) atoms. The Morgan fingerprint density at radius 3 is 1.45 bits per heavy atom. The van der Waals surface area contributed by atoms with Gasteiger partial charge in [-0.2, -0.15) is 0 Å². The van der Waals surface area contributed by atoms with Crippen molar-refractivity contribution in [1.82, 2.24) is 20.6 Å². The smallest absolute Gasteiger partial charge is 0.331 e. The largest absolute Gasteiger partial charge is 0.467 e. The van der Waals surface area contributed by atoms with Crippen molar-refractivity contribution in [2.45, 2.75) is 75.4 Å². The molecule has 0 aromatic carbocycles. The highest BCUT2D eigenvalue weighted by Crippen LogP contribution is 2.21. The second kappa shape index (κ2) is 18.4. The predicted octanol–water partition coefficient (Wildman–Crippen LogP) is 3.31. The lowest BCUT2D eigenvalue weighted by atomic mass is 10.0. The number of thioether (sulfide) groups is 2. The number of aryl methyl sites for hydroxylation is 2. The van der Waals surface area contributed by atoms with Crippen LogP contribution in [0.3, 0.4) is 0 Å². The number of ether oxygens (including phenoxy) is 2. The third kappa shape index (κ3) is 10.6. The monoisotopic (exact) mass is 622 g/mol. The number of hydrogen-bond acceptors (Lipinski definition) is 11. The normalized spacial score (nSPS) is 12.7. The number of methoxy groups -OCH3 is 2. The maximum Gasteiger partial charge on any atom is 0.331 e. The molecule has 0 aliphatic heterocycles. The van der Waals surface area contributed by atoms with Crippen LogP contribution in [0, 0.1) is 5.92 Å². The van der Waals surface area contributed by atoms with Gasteiger partial charge < -0.3 is 25.2 Å². The zero-order chi connectivity index (χ0) is 32.0. The van der Waals surface area contributed by atoms with Crippen LogP contribution in [0.25, 0.3) is 0 Å². The highest BCUT2D eigenvalue weighted by atomic mass is 32.2. The first kappa shape index (κ1) is 36.9. The zero-order valence-corrected chi connectivity index (χ0v) is 27.3. The van der Waals surface area contributed by atoms with Crippen molar-refractivity contribution in [3.05, 3.63) is 47.0 Å². The molecule has 0 bridgehead atoms. The Kier molecular flexibility index (Phi) is 16.1. The molecule has 3 unspecified atom stereocenters. The van der Waals surface area contributed by atoms with E-state index in [9.17, 15) is 24.3 Å². The van der Waals surface area contributed by atoms with Gasteiger partial charge in [-0.15, -0.1) is 23.5 Å². The summed E-state index contributed by atoms with van der Waals surface area (Å²) < 4.78 is 9.31. The van der Waals surface area contributed by atoms with Crippen molar-refractivity contribution in [3.8, 4) is 0 Å². The van der Waals surface area contributed by atoms with Gasteiger partial charge in [0, 0.05) is 21.2 Å². The fourth-order valence-electron chi connectivity index (χ4n) is 3.57. The van der Waals surface area contributed by atoms with E-state index in [1.807, 2.05) is 64.5 Å². The van der Waals surface area contributed by atoms with E-state index in [1.54, 1.807) is 0 Å². The van der Waals surface area contributed by atoms with Gasteiger partial charge in [-0.05, 0) is 62.5 Å². The fourth-order valence-corrected chi connectivity index (χ4v) is 4.64. The number of aromatic nitrogens is 2. The highest BCUT2D eigenvalue weighted by Gasteiger charge is 2.29. The predicted molar refractivity (Wildman–Crippen MR) is 164 cm³/mol. The Balaban J connectivity index is 0.000000420. The average molecular weight is 623 g/mol. The minimum absolute atomic E-state index is 0.0616. The molecule has 2 heterocycles. The molecule has 0 saturated carbocycles. The van der Waals surface area contributed by atoms with Crippen LogP contribution < -0.4 is 10.6 Å². The van der Waals surface area contributed by atoms with Crippen molar-refractivity contribution in [1.29, 1.82) is 0 Å². The van der Waals surface area contributed by atoms with Crippen LogP contribution in [0.1, 0.15) is 67.0 Å². The molecule has 0 spiro atoms. The van der Waals surface area contributed by atoms with Crippen molar-refractivity contribution < 1.29 is 33.8 Å². The van der Waals surface area contributed by atoms with E-state index in [1.165, 1.54) is 44.7 Å². The minimum atomic E-state index is -1.12. The first-order valence-electron chi connectivity index (χ1n) is 13.4. The van der Waals surface area contributed by atoms with Gasteiger partial charge in [0.05, 0.1) is 20.3 Å². The molecule has 2 aromatic heterocycles. The third-order valence-electron chi connectivity index (χ3n) is 6.06.